The second-order valence-corrected chi connectivity index (χ2v) is 10.1. The molecule has 0 aliphatic carbocycles. The van der Waals surface area contributed by atoms with Gasteiger partial charge < -0.3 is 29.1 Å². The summed E-state index contributed by atoms with van der Waals surface area (Å²) in [6, 6.07) is 0. The Morgan fingerprint density at radius 3 is 1.48 bits per heavy atom. The number of hydrogen-bond donors (Lipinski definition) is 2. The lowest BCUT2D eigenvalue weighted by molar-refractivity contribution is -0.159. The van der Waals surface area contributed by atoms with Gasteiger partial charge in [-0.15, -0.1) is 0 Å². The van der Waals surface area contributed by atoms with Gasteiger partial charge in [-0.2, -0.15) is 9.97 Å². The van der Waals surface area contributed by atoms with Crippen molar-refractivity contribution in [3.05, 3.63) is 35.6 Å². The highest BCUT2D eigenvalue weighted by Crippen LogP contribution is 2.19. The fourth-order valence-electron chi connectivity index (χ4n) is 4.14. The van der Waals surface area contributed by atoms with Gasteiger partial charge in [0.1, 0.15) is 0 Å². The van der Waals surface area contributed by atoms with Crippen LogP contribution in [0, 0.1) is 0 Å². The van der Waals surface area contributed by atoms with Crippen molar-refractivity contribution in [1.82, 2.24) is 30.1 Å². The summed E-state index contributed by atoms with van der Waals surface area (Å²) in [5, 5.41) is 22.9. The molecule has 0 saturated carbocycles. The predicted octanol–water partition coefficient (Wildman–Crippen LogP) is 4.20. The quantitative estimate of drug-likeness (QED) is 0.315. The Labute approximate surface area is 236 Å². The summed E-state index contributed by atoms with van der Waals surface area (Å²) in [6.45, 7) is 8.45. The van der Waals surface area contributed by atoms with Gasteiger partial charge in [0, 0.05) is 50.2 Å². The summed E-state index contributed by atoms with van der Waals surface area (Å²) in [6.07, 6.45) is 15.6. The molecule has 0 unspecified atom stereocenters. The maximum absolute atomic E-state index is 9.10. The largest absolute Gasteiger partial charge is 0.473 e. The van der Waals surface area contributed by atoms with Crippen molar-refractivity contribution in [1.29, 1.82) is 0 Å². The third kappa shape index (κ3) is 12.2. The van der Waals surface area contributed by atoms with Gasteiger partial charge in [-0.1, -0.05) is 62.0 Å². The predicted molar refractivity (Wildman–Crippen MR) is 151 cm³/mol. The summed E-state index contributed by atoms with van der Waals surface area (Å²) >= 11 is 0. The van der Waals surface area contributed by atoms with Crippen molar-refractivity contribution in [2.45, 2.75) is 78.1 Å². The molecule has 40 heavy (non-hydrogen) atoms. The van der Waals surface area contributed by atoms with Gasteiger partial charge >= 0.3 is 11.9 Å². The van der Waals surface area contributed by atoms with Gasteiger partial charge in [0.25, 0.3) is 11.8 Å². The minimum absolute atomic E-state index is 0.711. The normalized spacial score (nSPS) is 15.7. The first kappa shape index (κ1) is 32.8. The number of carbonyl (C=O) groups is 2. The van der Waals surface area contributed by atoms with Crippen molar-refractivity contribution < 1.29 is 28.8 Å². The molecule has 0 fully saturated rings. The maximum Gasteiger partial charge on any atom is 0.414 e. The van der Waals surface area contributed by atoms with E-state index in [1.807, 2.05) is 0 Å². The zero-order valence-corrected chi connectivity index (χ0v) is 24.3. The van der Waals surface area contributed by atoms with E-state index in [0.29, 0.717) is 11.8 Å². The lowest BCUT2D eigenvalue weighted by atomic mass is 10.1. The van der Waals surface area contributed by atoms with Crippen molar-refractivity contribution in [3.63, 3.8) is 0 Å². The monoisotopic (exact) mass is 560 g/mol. The van der Waals surface area contributed by atoms with Crippen LogP contribution in [0.25, 0.3) is 11.1 Å². The van der Waals surface area contributed by atoms with E-state index in [9.17, 15) is 0 Å². The second-order valence-electron chi connectivity index (χ2n) is 10.1. The molecule has 12 heteroatoms. The highest BCUT2D eigenvalue weighted by molar-refractivity contribution is 6.27. The minimum atomic E-state index is -1.82. The first-order valence-electron chi connectivity index (χ1n) is 14.1. The van der Waals surface area contributed by atoms with Gasteiger partial charge in [-0.3, -0.25) is 0 Å². The Bertz CT molecular complexity index is 1020. The number of likely N-dealkylation sites (N-methyl/N-ethyl adjacent to an activating group) is 2. The number of aliphatic carboxylic acids is 2. The van der Waals surface area contributed by atoms with Crippen LogP contribution >= 0.6 is 0 Å². The zero-order valence-electron chi connectivity index (χ0n) is 24.3. The molecule has 0 atom stereocenters. The van der Waals surface area contributed by atoms with E-state index in [2.05, 4.69) is 70.2 Å². The molecule has 0 radical (unpaired) electrons. The van der Waals surface area contributed by atoms with E-state index in [1.54, 1.807) is 0 Å². The summed E-state index contributed by atoms with van der Waals surface area (Å²) < 4.78 is 10.7. The van der Waals surface area contributed by atoms with Crippen LogP contribution in [-0.2, 0) is 22.4 Å². The Morgan fingerprint density at radius 1 is 0.750 bits per heavy atom. The summed E-state index contributed by atoms with van der Waals surface area (Å²) in [4.78, 5) is 31.7. The van der Waals surface area contributed by atoms with Crippen molar-refractivity contribution in [3.8, 4) is 0 Å². The molecular formula is C28H44N6O6. The molecule has 2 aliphatic heterocycles. The summed E-state index contributed by atoms with van der Waals surface area (Å²) in [5.41, 5.74) is 2.35. The Hall–Kier alpha value is -3.38. The van der Waals surface area contributed by atoms with Crippen LogP contribution in [0.4, 0.5) is 0 Å². The minimum Gasteiger partial charge on any atom is -0.473 e. The molecular weight excluding hydrogens is 516 g/mol. The van der Waals surface area contributed by atoms with Crippen LogP contribution in [0.15, 0.2) is 21.2 Å². The highest BCUT2D eigenvalue weighted by atomic mass is 16.5. The average molecular weight is 561 g/mol. The van der Waals surface area contributed by atoms with Gasteiger partial charge in [0.05, 0.1) is 0 Å². The molecule has 2 aromatic rings. The molecule has 12 nitrogen and oxygen atoms in total. The third-order valence-corrected chi connectivity index (χ3v) is 6.36. The molecule has 222 valence electrons. The van der Waals surface area contributed by atoms with Crippen molar-refractivity contribution >= 4 is 23.1 Å². The Morgan fingerprint density at radius 2 is 1.15 bits per heavy atom. The molecule has 2 aromatic heterocycles. The average Bonchev–Trinajstić information content (AvgIpc) is 3.60. The standard InChI is InChI=1S/2C13H21N3O.C2H2O4/c2*1-3-4-5-8-12-14-13(17-15-12)11-7-6-9-16(2)10-11;3-1(4)2(5)6/h2*7H,3-6,8-10H2,1-2H3;(H,3,4)(H,5,6). The topological polar surface area (TPSA) is 159 Å². The van der Waals surface area contributed by atoms with Crippen LogP contribution in [0.1, 0.15) is 88.6 Å². The molecule has 0 bridgehead atoms. The fourth-order valence-corrected chi connectivity index (χ4v) is 4.14. The van der Waals surface area contributed by atoms with E-state index in [0.717, 1.165) is 76.4 Å². The number of hydrogen-bond acceptors (Lipinski definition) is 10. The van der Waals surface area contributed by atoms with Gasteiger partial charge in [-0.25, -0.2) is 9.59 Å². The number of carboxylic acids is 2. The van der Waals surface area contributed by atoms with Crippen molar-refractivity contribution in [2.24, 2.45) is 0 Å². The number of rotatable bonds is 10. The van der Waals surface area contributed by atoms with Gasteiger partial charge in [0.15, 0.2) is 11.6 Å². The molecule has 0 aromatic carbocycles. The summed E-state index contributed by atoms with van der Waals surface area (Å²) in [7, 11) is 4.23. The first-order chi connectivity index (χ1) is 19.2. The number of aromatic nitrogens is 4. The highest BCUT2D eigenvalue weighted by Gasteiger charge is 2.17. The molecule has 4 heterocycles. The van der Waals surface area contributed by atoms with E-state index in [-0.39, 0.29) is 0 Å². The first-order valence-corrected chi connectivity index (χ1v) is 14.1. The second kappa shape index (κ2) is 18.1. The molecule has 0 amide bonds. The van der Waals surface area contributed by atoms with Crippen LogP contribution in [0.5, 0.6) is 0 Å². The van der Waals surface area contributed by atoms with E-state index >= 15 is 0 Å². The van der Waals surface area contributed by atoms with Crippen LogP contribution in [0.2, 0.25) is 0 Å². The molecule has 2 N–H and O–H groups in total. The molecule has 4 rings (SSSR count). The Kier molecular flexibility index (Phi) is 14.8. The van der Waals surface area contributed by atoms with Crippen LogP contribution in [0.3, 0.4) is 0 Å². The fraction of sp³-hybridized carbons (Fsp3) is 0.643. The molecule has 0 saturated heterocycles. The third-order valence-electron chi connectivity index (χ3n) is 6.36. The number of unbranched alkanes of at least 4 members (excludes halogenated alkanes) is 4. The zero-order chi connectivity index (χ0) is 29.3. The smallest absolute Gasteiger partial charge is 0.414 e. The number of carboxylic acid groups (broad SMARTS) is 2. The van der Waals surface area contributed by atoms with E-state index in [4.69, 9.17) is 28.8 Å². The number of aryl methyl sites for hydroxylation is 2. The SMILES string of the molecule is CCCCCc1noc(C2=CCCN(C)C2)n1.CCCCCc1noc(C2=CCCN(C)C2)n1.O=C(O)C(=O)O. The maximum atomic E-state index is 9.10. The lowest BCUT2D eigenvalue weighted by Gasteiger charge is -2.20. The van der Waals surface area contributed by atoms with Gasteiger partial charge in [-0.05, 0) is 39.8 Å². The van der Waals surface area contributed by atoms with Crippen LogP contribution in [-0.4, -0.2) is 92.5 Å². The molecule has 0 spiro atoms. The lowest BCUT2D eigenvalue weighted by Crippen LogP contribution is -2.25. The van der Waals surface area contributed by atoms with Gasteiger partial charge in [0.2, 0.25) is 0 Å². The van der Waals surface area contributed by atoms with E-state index < -0.39 is 11.9 Å². The van der Waals surface area contributed by atoms with Crippen LogP contribution < -0.4 is 0 Å². The molecule has 2 aliphatic rings. The number of nitrogens with zero attached hydrogens (tertiary/aromatic N) is 6. The van der Waals surface area contributed by atoms with E-state index in [1.165, 1.54) is 36.8 Å². The summed E-state index contributed by atoms with van der Waals surface area (Å²) in [5.74, 6) is -0.527. The van der Waals surface area contributed by atoms with Crippen molar-refractivity contribution in [2.75, 3.05) is 40.3 Å². The Balaban J connectivity index is 0.000000234.